The molecule has 3 aromatic rings. The Balaban J connectivity index is 1.74. The van der Waals surface area contributed by atoms with Crippen LogP contribution in [0.5, 0.6) is 0 Å². The number of carbonyl (C=O) groups excluding carboxylic acids is 2. The van der Waals surface area contributed by atoms with Gasteiger partial charge in [-0.05, 0) is 35.9 Å². The summed E-state index contributed by atoms with van der Waals surface area (Å²) in [6, 6.07) is 14.7. The van der Waals surface area contributed by atoms with Crippen LogP contribution >= 0.6 is 15.9 Å². The normalized spacial score (nSPS) is 10.7. The Morgan fingerprint density at radius 2 is 1.84 bits per heavy atom. The summed E-state index contributed by atoms with van der Waals surface area (Å²) in [5.41, 5.74) is 2.87. The van der Waals surface area contributed by atoms with Crippen LogP contribution in [0.15, 0.2) is 53.0 Å². The third kappa shape index (κ3) is 3.74. The van der Waals surface area contributed by atoms with Crippen molar-refractivity contribution in [3.05, 3.63) is 69.8 Å². The monoisotopic (exact) mass is 400 g/mol. The van der Waals surface area contributed by atoms with Gasteiger partial charge in [0.2, 0.25) is 0 Å². The Labute approximate surface area is 153 Å². The summed E-state index contributed by atoms with van der Waals surface area (Å²) in [4.78, 5) is 28.9. The highest BCUT2D eigenvalue weighted by Crippen LogP contribution is 2.21. The number of nitrogens with one attached hydrogen (secondary N) is 1. The molecular weight excluding hydrogens is 384 g/mol. The summed E-state index contributed by atoms with van der Waals surface area (Å²) in [5.74, 6) is -0.468. The van der Waals surface area contributed by atoms with Crippen LogP contribution in [0.4, 0.5) is 0 Å². The minimum atomic E-state index is -0.375. The molecule has 0 aliphatic heterocycles. The molecule has 0 aliphatic carbocycles. The second-order valence-corrected chi connectivity index (χ2v) is 6.68. The number of amides is 1. The van der Waals surface area contributed by atoms with E-state index in [4.69, 9.17) is 0 Å². The quantitative estimate of drug-likeness (QED) is 0.673. The van der Waals surface area contributed by atoms with Gasteiger partial charge in [0.05, 0.1) is 12.7 Å². The Kier molecular flexibility index (Phi) is 4.90. The molecule has 0 radical (unpaired) electrons. The highest BCUT2D eigenvalue weighted by molar-refractivity contribution is 9.10. The van der Waals surface area contributed by atoms with Crippen LogP contribution in [0.3, 0.4) is 0 Å². The lowest BCUT2D eigenvalue weighted by Crippen LogP contribution is -2.26. The third-order valence-electron chi connectivity index (χ3n) is 3.96. The van der Waals surface area contributed by atoms with E-state index in [1.807, 2.05) is 36.4 Å². The van der Waals surface area contributed by atoms with Crippen molar-refractivity contribution >= 4 is 38.7 Å². The van der Waals surface area contributed by atoms with E-state index in [9.17, 15) is 9.59 Å². The van der Waals surface area contributed by atoms with E-state index in [0.29, 0.717) is 17.8 Å². The molecule has 5 nitrogen and oxygen atoms in total. The number of halogens is 1. The van der Waals surface area contributed by atoms with Gasteiger partial charge in [0, 0.05) is 29.0 Å². The van der Waals surface area contributed by atoms with Crippen molar-refractivity contribution in [2.45, 2.75) is 6.54 Å². The molecule has 1 heterocycles. The lowest BCUT2D eigenvalue weighted by molar-refractivity contribution is 0.0600. The lowest BCUT2D eigenvalue weighted by Gasteiger charge is -2.16. The standard InChI is InChI=1S/C19H17BrN2O3/c1-22(11-12-3-5-13(6-4-12)19(24)25-2)18(23)17-9-14-7-8-15(20)10-16(14)21-17/h3-10,21H,11H2,1-2H3. The number of nitrogens with zero attached hydrogens (tertiary/aromatic N) is 1. The van der Waals surface area contributed by atoms with Crippen LogP contribution in [0.25, 0.3) is 10.9 Å². The number of methoxy groups -OCH3 is 1. The molecular formula is C19H17BrN2O3. The number of rotatable bonds is 4. The maximum Gasteiger partial charge on any atom is 0.337 e. The molecule has 0 unspecified atom stereocenters. The molecule has 0 saturated heterocycles. The maximum atomic E-state index is 12.6. The van der Waals surface area contributed by atoms with Gasteiger partial charge in [0.15, 0.2) is 0 Å². The van der Waals surface area contributed by atoms with Gasteiger partial charge in [-0.15, -0.1) is 0 Å². The van der Waals surface area contributed by atoms with E-state index >= 15 is 0 Å². The van der Waals surface area contributed by atoms with Crippen LogP contribution in [0.1, 0.15) is 26.4 Å². The van der Waals surface area contributed by atoms with Crippen LogP contribution in [-0.2, 0) is 11.3 Å². The van der Waals surface area contributed by atoms with E-state index in [1.54, 1.807) is 24.1 Å². The van der Waals surface area contributed by atoms with Gasteiger partial charge in [-0.25, -0.2) is 4.79 Å². The van der Waals surface area contributed by atoms with E-state index < -0.39 is 0 Å². The molecule has 0 saturated carbocycles. The van der Waals surface area contributed by atoms with Gasteiger partial charge in [0.25, 0.3) is 5.91 Å². The second-order valence-electron chi connectivity index (χ2n) is 5.76. The summed E-state index contributed by atoms with van der Waals surface area (Å²) in [6.07, 6.45) is 0. The van der Waals surface area contributed by atoms with Crippen molar-refractivity contribution < 1.29 is 14.3 Å². The van der Waals surface area contributed by atoms with Crippen molar-refractivity contribution in [1.82, 2.24) is 9.88 Å². The number of aromatic nitrogens is 1. The largest absolute Gasteiger partial charge is 0.465 e. The van der Waals surface area contributed by atoms with E-state index in [2.05, 4.69) is 25.7 Å². The number of benzene rings is 2. The summed E-state index contributed by atoms with van der Waals surface area (Å²) in [5, 5.41) is 0.988. The van der Waals surface area contributed by atoms with Gasteiger partial charge in [0.1, 0.15) is 5.69 Å². The highest BCUT2D eigenvalue weighted by Gasteiger charge is 2.15. The lowest BCUT2D eigenvalue weighted by atomic mass is 10.1. The van der Waals surface area contributed by atoms with Crippen LogP contribution < -0.4 is 0 Å². The fourth-order valence-electron chi connectivity index (χ4n) is 2.63. The number of fused-ring (bicyclic) bond motifs is 1. The number of hydrogen-bond donors (Lipinski definition) is 1. The molecule has 1 amide bonds. The second kappa shape index (κ2) is 7.11. The summed E-state index contributed by atoms with van der Waals surface area (Å²) < 4.78 is 5.64. The number of esters is 1. The van der Waals surface area contributed by atoms with Gasteiger partial charge in [-0.3, -0.25) is 4.79 Å². The van der Waals surface area contributed by atoms with Crippen molar-refractivity contribution in [3.63, 3.8) is 0 Å². The summed E-state index contributed by atoms with van der Waals surface area (Å²) in [6.45, 7) is 0.444. The molecule has 1 aromatic heterocycles. The Morgan fingerprint density at radius 1 is 1.12 bits per heavy atom. The molecule has 0 aliphatic rings. The Bertz CT molecular complexity index is 931. The summed E-state index contributed by atoms with van der Waals surface area (Å²) in [7, 11) is 3.10. The van der Waals surface area contributed by atoms with E-state index in [1.165, 1.54) is 7.11 Å². The van der Waals surface area contributed by atoms with Crippen molar-refractivity contribution in [2.75, 3.05) is 14.2 Å². The first-order valence-corrected chi connectivity index (χ1v) is 8.48. The van der Waals surface area contributed by atoms with Crippen LogP contribution in [0, 0.1) is 0 Å². The smallest absolute Gasteiger partial charge is 0.337 e. The minimum absolute atomic E-state index is 0.0932. The van der Waals surface area contributed by atoms with Gasteiger partial charge < -0.3 is 14.6 Å². The topological polar surface area (TPSA) is 62.4 Å². The number of ether oxygens (including phenoxy) is 1. The molecule has 25 heavy (non-hydrogen) atoms. The fraction of sp³-hybridized carbons (Fsp3) is 0.158. The van der Waals surface area contributed by atoms with E-state index in [-0.39, 0.29) is 11.9 Å². The first kappa shape index (κ1) is 17.2. The van der Waals surface area contributed by atoms with Gasteiger partial charge >= 0.3 is 5.97 Å². The molecule has 6 heteroatoms. The highest BCUT2D eigenvalue weighted by atomic mass is 79.9. The van der Waals surface area contributed by atoms with E-state index in [0.717, 1.165) is 20.9 Å². The molecule has 0 atom stereocenters. The predicted molar refractivity (Wildman–Crippen MR) is 99.6 cm³/mol. The predicted octanol–water partition coefficient (Wildman–Crippen LogP) is 3.99. The average Bonchev–Trinajstić information content (AvgIpc) is 3.04. The molecule has 0 spiro atoms. The zero-order valence-corrected chi connectivity index (χ0v) is 15.5. The zero-order valence-electron chi connectivity index (χ0n) is 13.9. The fourth-order valence-corrected chi connectivity index (χ4v) is 2.99. The van der Waals surface area contributed by atoms with Crippen molar-refractivity contribution in [1.29, 1.82) is 0 Å². The molecule has 1 N–H and O–H groups in total. The first-order valence-electron chi connectivity index (χ1n) is 7.69. The minimum Gasteiger partial charge on any atom is -0.465 e. The maximum absolute atomic E-state index is 12.6. The summed E-state index contributed by atoms with van der Waals surface area (Å²) >= 11 is 3.42. The zero-order chi connectivity index (χ0) is 18.0. The third-order valence-corrected chi connectivity index (χ3v) is 4.45. The van der Waals surface area contributed by atoms with Gasteiger partial charge in [-0.2, -0.15) is 0 Å². The molecule has 128 valence electrons. The molecule has 0 fully saturated rings. The molecule has 0 bridgehead atoms. The van der Waals surface area contributed by atoms with Gasteiger partial charge in [-0.1, -0.05) is 34.1 Å². The van der Waals surface area contributed by atoms with Crippen LogP contribution in [-0.4, -0.2) is 35.9 Å². The van der Waals surface area contributed by atoms with Crippen molar-refractivity contribution in [2.24, 2.45) is 0 Å². The Morgan fingerprint density at radius 3 is 2.52 bits per heavy atom. The Hall–Kier alpha value is -2.60. The average molecular weight is 401 g/mol. The van der Waals surface area contributed by atoms with Crippen LogP contribution in [0.2, 0.25) is 0 Å². The van der Waals surface area contributed by atoms with Crippen molar-refractivity contribution in [3.8, 4) is 0 Å². The number of carbonyl (C=O) groups is 2. The number of aromatic amines is 1. The first-order chi connectivity index (χ1) is 12.0. The SMILES string of the molecule is COC(=O)c1ccc(CN(C)C(=O)c2cc3ccc(Br)cc3[nH]2)cc1. The number of hydrogen-bond acceptors (Lipinski definition) is 3. The molecule has 3 rings (SSSR count). The molecule has 2 aromatic carbocycles. The number of H-pyrrole nitrogens is 1.